The summed E-state index contributed by atoms with van der Waals surface area (Å²) in [4.78, 5) is 0. The summed E-state index contributed by atoms with van der Waals surface area (Å²) in [6.45, 7) is 1.44. The molecule has 1 heterocycles. The predicted octanol–water partition coefficient (Wildman–Crippen LogP) is 1.54. The van der Waals surface area contributed by atoms with E-state index in [4.69, 9.17) is 13.9 Å². The molecule has 0 spiro atoms. The van der Waals surface area contributed by atoms with E-state index in [2.05, 4.69) is 0 Å². The second kappa shape index (κ2) is 8.64. The molecule has 1 unspecified atom stereocenters. The minimum atomic E-state index is -0.434. The minimum Gasteiger partial charge on any atom is -0.468 e. The lowest BCUT2D eigenvalue weighted by Gasteiger charge is -2.10. The van der Waals surface area contributed by atoms with Crippen LogP contribution < -0.4 is 0 Å². The molecule has 0 aliphatic rings. The molecule has 92 valence electrons. The second-order valence-corrected chi connectivity index (χ2v) is 4.35. The van der Waals surface area contributed by atoms with Gasteiger partial charge in [0.25, 0.3) is 0 Å². The van der Waals surface area contributed by atoms with Crippen LogP contribution in [0.25, 0.3) is 0 Å². The molecule has 0 aliphatic heterocycles. The summed E-state index contributed by atoms with van der Waals surface area (Å²) in [5, 5.41) is 9.56. The van der Waals surface area contributed by atoms with E-state index in [9.17, 15) is 5.11 Å². The van der Waals surface area contributed by atoms with Crippen molar-refractivity contribution in [2.24, 2.45) is 0 Å². The van der Waals surface area contributed by atoms with Crippen LogP contribution in [-0.4, -0.2) is 43.9 Å². The van der Waals surface area contributed by atoms with E-state index >= 15 is 0 Å². The van der Waals surface area contributed by atoms with Crippen LogP contribution in [0.4, 0.5) is 0 Å². The summed E-state index contributed by atoms with van der Waals surface area (Å²) in [6, 6.07) is 3.79. The van der Waals surface area contributed by atoms with E-state index in [-0.39, 0.29) is 0 Å². The molecule has 16 heavy (non-hydrogen) atoms. The van der Waals surface area contributed by atoms with Crippen LogP contribution in [0.15, 0.2) is 22.8 Å². The molecule has 1 N–H and O–H groups in total. The molecule has 1 aromatic rings. The molecular formula is C11H18O4S. The molecule has 0 saturated heterocycles. The number of aliphatic hydroxyl groups excluding tert-OH is 1. The largest absolute Gasteiger partial charge is 0.468 e. The lowest BCUT2D eigenvalue weighted by molar-refractivity contribution is 0.0218. The number of methoxy groups -OCH3 is 1. The van der Waals surface area contributed by atoms with Crippen LogP contribution in [0.1, 0.15) is 5.76 Å². The highest BCUT2D eigenvalue weighted by Crippen LogP contribution is 2.13. The number of ether oxygens (including phenoxy) is 2. The van der Waals surface area contributed by atoms with Gasteiger partial charge in [0.1, 0.15) is 5.76 Å². The summed E-state index contributed by atoms with van der Waals surface area (Å²) in [6.07, 6.45) is 1.22. The zero-order chi connectivity index (χ0) is 11.6. The van der Waals surface area contributed by atoms with Gasteiger partial charge in [-0.2, -0.15) is 11.8 Å². The van der Waals surface area contributed by atoms with E-state index in [0.29, 0.717) is 25.6 Å². The predicted molar refractivity (Wildman–Crippen MR) is 63.6 cm³/mol. The third-order valence-electron chi connectivity index (χ3n) is 1.88. The highest BCUT2D eigenvalue weighted by molar-refractivity contribution is 7.98. The molecule has 0 aromatic carbocycles. The van der Waals surface area contributed by atoms with Gasteiger partial charge in [-0.1, -0.05) is 0 Å². The first-order valence-electron chi connectivity index (χ1n) is 5.18. The van der Waals surface area contributed by atoms with Crippen LogP contribution in [0, 0.1) is 0 Å². The Morgan fingerprint density at radius 2 is 2.38 bits per heavy atom. The Balaban J connectivity index is 1.95. The van der Waals surface area contributed by atoms with Gasteiger partial charge in [0.05, 0.1) is 37.9 Å². The van der Waals surface area contributed by atoms with Gasteiger partial charge in [0.15, 0.2) is 0 Å². The topological polar surface area (TPSA) is 51.8 Å². The molecule has 0 amide bonds. The Labute approximate surface area is 99.9 Å². The summed E-state index contributed by atoms with van der Waals surface area (Å²) >= 11 is 1.63. The Hall–Kier alpha value is -0.490. The van der Waals surface area contributed by atoms with E-state index in [0.717, 1.165) is 11.5 Å². The Kier molecular flexibility index (Phi) is 7.33. The molecule has 1 rings (SSSR count). The molecule has 4 nitrogen and oxygen atoms in total. The van der Waals surface area contributed by atoms with Crippen molar-refractivity contribution in [3.63, 3.8) is 0 Å². The highest BCUT2D eigenvalue weighted by atomic mass is 32.2. The van der Waals surface area contributed by atoms with Gasteiger partial charge in [-0.15, -0.1) is 0 Å². The molecule has 0 radical (unpaired) electrons. The third-order valence-corrected chi connectivity index (χ3v) is 2.99. The summed E-state index contributed by atoms with van der Waals surface area (Å²) in [5.74, 6) is 2.35. The SMILES string of the molecule is COCCOCC(O)CSCc1ccco1. The maximum atomic E-state index is 9.56. The number of hydrogen-bond acceptors (Lipinski definition) is 5. The van der Waals surface area contributed by atoms with E-state index in [1.54, 1.807) is 25.1 Å². The fourth-order valence-corrected chi connectivity index (χ4v) is 1.95. The summed E-state index contributed by atoms with van der Waals surface area (Å²) < 4.78 is 15.2. The number of thioether (sulfide) groups is 1. The monoisotopic (exact) mass is 246 g/mol. The highest BCUT2D eigenvalue weighted by Gasteiger charge is 2.05. The maximum Gasteiger partial charge on any atom is 0.113 e. The van der Waals surface area contributed by atoms with Crippen molar-refractivity contribution >= 4 is 11.8 Å². The molecule has 1 atom stereocenters. The van der Waals surface area contributed by atoms with Crippen molar-refractivity contribution in [2.45, 2.75) is 11.9 Å². The van der Waals surface area contributed by atoms with Crippen molar-refractivity contribution in [1.29, 1.82) is 0 Å². The fraction of sp³-hybridized carbons (Fsp3) is 0.636. The number of hydrogen-bond donors (Lipinski definition) is 1. The molecule has 0 bridgehead atoms. The first-order chi connectivity index (χ1) is 7.83. The maximum absolute atomic E-state index is 9.56. The van der Waals surface area contributed by atoms with E-state index < -0.39 is 6.10 Å². The molecule has 0 saturated carbocycles. The van der Waals surface area contributed by atoms with Crippen molar-refractivity contribution in [1.82, 2.24) is 0 Å². The van der Waals surface area contributed by atoms with Gasteiger partial charge in [-0.3, -0.25) is 0 Å². The lowest BCUT2D eigenvalue weighted by Crippen LogP contribution is -2.19. The summed E-state index contributed by atoms with van der Waals surface area (Å²) in [5.41, 5.74) is 0. The van der Waals surface area contributed by atoms with Crippen molar-refractivity contribution in [3.05, 3.63) is 24.2 Å². The average Bonchev–Trinajstić information content (AvgIpc) is 2.77. The van der Waals surface area contributed by atoms with Crippen LogP contribution in [-0.2, 0) is 15.2 Å². The van der Waals surface area contributed by atoms with Gasteiger partial charge < -0.3 is 19.0 Å². The molecular weight excluding hydrogens is 228 g/mol. The quantitative estimate of drug-likeness (QED) is 0.670. The van der Waals surface area contributed by atoms with Crippen LogP contribution in [0.5, 0.6) is 0 Å². The first-order valence-corrected chi connectivity index (χ1v) is 6.33. The van der Waals surface area contributed by atoms with Gasteiger partial charge in [-0.05, 0) is 12.1 Å². The normalized spacial score (nSPS) is 12.9. The van der Waals surface area contributed by atoms with Gasteiger partial charge >= 0.3 is 0 Å². The minimum absolute atomic E-state index is 0.356. The fourth-order valence-electron chi connectivity index (χ4n) is 1.10. The van der Waals surface area contributed by atoms with Gasteiger partial charge in [0, 0.05) is 12.9 Å². The summed E-state index contributed by atoms with van der Waals surface area (Å²) in [7, 11) is 1.62. The number of rotatable bonds is 9. The van der Waals surface area contributed by atoms with Gasteiger partial charge in [0.2, 0.25) is 0 Å². The van der Waals surface area contributed by atoms with Crippen molar-refractivity contribution in [2.75, 3.05) is 32.7 Å². The van der Waals surface area contributed by atoms with Crippen molar-refractivity contribution < 1.29 is 19.0 Å². The Morgan fingerprint density at radius 1 is 1.50 bits per heavy atom. The zero-order valence-electron chi connectivity index (χ0n) is 9.43. The van der Waals surface area contributed by atoms with Gasteiger partial charge in [-0.25, -0.2) is 0 Å². The second-order valence-electron chi connectivity index (χ2n) is 3.32. The molecule has 0 fully saturated rings. The van der Waals surface area contributed by atoms with Crippen LogP contribution >= 0.6 is 11.8 Å². The van der Waals surface area contributed by atoms with E-state index in [1.807, 2.05) is 12.1 Å². The standard InChI is InChI=1S/C11H18O4S/c1-13-5-6-14-7-10(12)8-16-9-11-3-2-4-15-11/h2-4,10,12H,5-9H2,1H3. The smallest absolute Gasteiger partial charge is 0.113 e. The molecule has 1 aromatic heterocycles. The third kappa shape index (κ3) is 6.17. The Bertz CT molecular complexity index is 250. The zero-order valence-corrected chi connectivity index (χ0v) is 10.2. The average molecular weight is 246 g/mol. The first kappa shape index (κ1) is 13.6. The van der Waals surface area contributed by atoms with Crippen molar-refractivity contribution in [3.8, 4) is 0 Å². The van der Waals surface area contributed by atoms with Crippen LogP contribution in [0.2, 0.25) is 0 Å². The number of aliphatic hydroxyl groups is 1. The number of furan rings is 1. The lowest BCUT2D eigenvalue weighted by atomic mass is 10.4. The van der Waals surface area contributed by atoms with Crippen LogP contribution in [0.3, 0.4) is 0 Å². The Morgan fingerprint density at radius 3 is 3.06 bits per heavy atom. The van der Waals surface area contributed by atoms with E-state index in [1.165, 1.54) is 0 Å². The molecule has 0 aliphatic carbocycles. The molecule has 5 heteroatoms.